The number of hydrogen-bond donors (Lipinski definition) is 7. The monoisotopic (exact) mass is 615 g/mol. The van der Waals surface area contributed by atoms with E-state index in [2.05, 4.69) is 36.1 Å². The van der Waals surface area contributed by atoms with E-state index < -0.39 is 6.03 Å². The minimum atomic E-state index is -0.602. The predicted molar refractivity (Wildman–Crippen MR) is 176 cm³/mol. The fourth-order valence-electron chi connectivity index (χ4n) is 4.43. The van der Waals surface area contributed by atoms with Gasteiger partial charge in [0.1, 0.15) is 23.9 Å². The lowest BCUT2D eigenvalue weighted by atomic mass is 9.95. The molecule has 13 heteroatoms. The number of nitrogens with zero attached hydrogens (tertiary/aromatic N) is 2. The zero-order chi connectivity index (χ0) is 32.8. The number of hydrogen-bond acceptors (Lipinski definition) is 8. The number of urea groups is 2. The van der Waals surface area contributed by atoms with E-state index in [1.807, 2.05) is 41.5 Å². The number of para-hydroxylation sites is 2. The largest absolute Gasteiger partial charge is 0.490 e. The van der Waals surface area contributed by atoms with Crippen LogP contribution in [0.3, 0.4) is 0 Å². The smallest absolute Gasteiger partial charge is 0.319 e. The first-order valence-corrected chi connectivity index (χ1v) is 15.3. The number of aromatic nitrogens is 2. The van der Waals surface area contributed by atoms with E-state index >= 15 is 0 Å². The van der Waals surface area contributed by atoms with E-state index in [4.69, 9.17) is 16.2 Å². The molecule has 44 heavy (non-hydrogen) atoms. The third kappa shape index (κ3) is 13.6. The van der Waals surface area contributed by atoms with Crippen LogP contribution in [-0.4, -0.2) is 73.4 Å². The summed E-state index contributed by atoms with van der Waals surface area (Å²) in [6.45, 7) is 17.0. The van der Waals surface area contributed by atoms with Crippen molar-refractivity contribution < 1.29 is 14.3 Å². The summed E-state index contributed by atoms with van der Waals surface area (Å²) in [5.41, 5.74) is 11.2. The topological polar surface area (TPSA) is 193 Å². The predicted octanol–water partition coefficient (Wildman–Crippen LogP) is 2.88. The zero-order valence-electron chi connectivity index (χ0n) is 27.2. The number of H-pyrrole nitrogens is 1. The number of piperidine rings is 1. The van der Waals surface area contributed by atoms with E-state index in [0.717, 1.165) is 57.8 Å². The average molecular weight is 616 g/mol. The Labute approximate surface area is 261 Å². The van der Waals surface area contributed by atoms with Gasteiger partial charge < -0.3 is 47.4 Å². The van der Waals surface area contributed by atoms with Gasteiger partial charge in [-0.25, -0.2) is 14.6 Å². The molecule has 1 aliphatic rings. The SMILES string of the molecule is CC(C)(C)NC(=O)Nc1ccccc1OCCNC(N)=O.CC(C)(C)c1ncc(N2CCC(CNCCCN)CC2)c(=O)[nH]1. The first kappa shape index (κ1) is 36.4. The van der Waals surface area contributed by atoms with Crippen molar-refractivity contribution in [2.24, 2.45) is 17.4 Å². The second kappa shape index (κ2) is 17.5. The van der Waals surface area contributed by atoms with Gasteiger partial charge in [0.25, 0.3) is 5.56 Å². The first-order valence-electron chi connectivity index (χ1n) is 15.3. The molecule has 1 saturated heterocycles. The van der Waals surface area contributed by atoms with Gasteiger partial charge in [0.05, 0.1) is 18.4 Å². The van der Waals surface area contributed by atoms with Crippen LogP contribution in [0.2, 0.25) is 0 Å². The van der Waals surface area contributed by atoms with Crippen LogP contribution >= 0.6 is 0 Å². The maximum absolute atomic E-state index is 12.4. The molecular weight excluding hydrogens is 562 g/mol. The van der Waals surface area contributed by atoms with E-state index in [0.29, 0.717) is 23.0 Å². The molecule has 13 nitrogen and oxygen atoms in total. The van der Waals surface area contributed by atoms with Gasteiger partial charge in [-0.1, -0.05) is 32.9 Å². The normalized spacial score (nSPS) is 13.8. The van der Waals surface area contributed by atoms with Crippen LogP contribution < -0.4 is 47.9 Å². The van der Waals surface area contributed by atoms with Gasteiger partial charge in [-0.2, -0.15) is 0 Å². The van der Waals surface area contributed by atoms with Crippen molar-refractivity contribution in [2.45, 2.75) is 71.8 Å². The third-order valence-corrected chi connectivity index (χ3v) is 6.72. The molecule has 3 rings (SSSR count). The molecule has 1 aromatic heterocycles. The Kier molecular flexibility index (Phi) is 14.4. The molecule has 0 spiro atoms. The summed E-state index contributed by atoms with van der Waals surface area (Å²) in [5.74, 6) is 1.95. The Balaban J connectivity index is 0.000000308. The Morgan fingerprint density at radius 1 is 1.09 bits per heavy atom. The van der Waals surface area contributed by atoms with Crippen LogP contribution in [0, 0.1) is 5.92 Å². The molecule has 246 valence electrons. The maximum Gasteiger partial charge on any atom is 0.319 e. The number of amides is 4. The fraction of sp³-hybridized carbons (Fsp3) is 0.613. The van der Waals surface area contributed by atoms with Gasteiger partial charge >= 0.3 is 12.1 Å². The lowest BCUT2D eigenvalue weighted by Crippen LogP contribution is -2.43. The van der Waals surface area contributed by atoms with Crippen molar-refractivity contribution >= 4 is 23.4 Å². The first-order chi connectivity index (χ1) is 20.7. The zero-order valence-corrected chi connectivity index (χ0v) is 27.2. The van der Waals surface area contributed by atoms with Crippen molar-refractivity contribution in [3.63, 3.8) is 0 Å². The van der Waals surface area contributed by atoms with Crippen LogP contribution in [0.15, 0.2) is 35.3 Å². The highest BCUT2D eigenvalue weighted by molar-refractivity contribution is 5.91. The maximum atomic E-state index is 12.4. The second-order valence-corrected chi connectivity index (χ2v) is 12.9. The van der Waals surface area contributed by atoms with Crippen LogP contribution in [0.5, 0.6) is 5.75 Å². The highest BCUT2D eigenvalue weighted by Crippen LogP contribution is 2.24. The van der Waals surface area contributed by atoms with Gasteiger partial charge in [0, 0.05) is 24.0 Å². The minimum Gasteiger partial charge on any atom is -0.490 e. The molecule has 4 amide bonds. The van der Waals surface area contributed by atoms with Crippen molar-refractivity contribution in [3.8, 4) is 5.75 Å². The number of nitrogens with one attached hydrogen (secondary N) is 5. The van der Waals surface area contributed by atoms with Gasteiger partial charge in [0.15, 0.2) is 0 Å². The number of primary amides is 1. The molecule has 1 fully saturated rings. The Hall–Kier alpha value is -3.84. The molecule has 0 unspecified atom stereocenters. The van der Waals surface area contributed by atoms with Crippen LogP contribution in [-0.2, 0) is 5.41 Å². The number of aromatic amines is 1. The van der Waals surface area contributed by atoms with Crippen LogP contribution in [0.4, 0.5) is 21.0 Å². The van der Waals surface area contributed by atoms with E-state index in [-0.39, 0.29) is 35.7 Å². The lowest BCUT2D eigenvalue weighted by molar-refractivity contribution is 0.243. The summed E-state index contributed by atoms with van der Waals surface area (Å²) in [6, 6.07) is 6.14. The number of nitrogens with two attached hydrogens (primary N) is 2. The molecule has 0 aliphatic carbocycles. The summed E-state index contributed by atoms with van der Waals surface area (Å²) in [4.78, 5) is 44.3. The number of rotatable bonds is 11. The molecule has 0 saturated carbocycles. The van der Waals surface area contributed by atoms with Gasteiger partial charge in [-0.05, 0) is 77.7 Å². The molecule has 0 atom stereocenters. The van der Waals surface area contributed by atoms with Crippen LogP contribution in [0.25, 0.3) is 0 Å². The van der Waals surface area contributed by atoms with Crippen molar-refractivity contribution in [1.82, 2.24) is 25.9 Å². The number of anilines is 2. The quantitative estimate of drug-likeness (QED) is 0.188. The lowest BCUT2D eigenvalue weighted by Gasteiger charge is -2.33. The Morgan fingerprint density at radius 2 is 1.77 bits per heavy atom. The van der Waals surface area contributed by atoms with Crippen molar-refractivity contribution in [1.29, 1.82) is 0 Å². The number of ether oxygens (including phenoxy) is 1. The molecule has 2 heterocycles. The van der Waals surface area contributed by atoms with E-state index in [1.54, 1.807) is 30.5 Å². The number of carbonyl (C=O) groups is 2. The van der Waals surface area contributed by atoms with E-state index in [9.17, 15) is 14.4 Å². The van der Waals surface area contributed by atoms with Crippen molar-refractivity contribution in [2.75, 3.05) is 56.1 Å². The molecular formula is C31H53N9O4. The number of benzene rings is 1. The molecule has 1 aliphatic heterocycles. The second-order valence-electron chi connectivity index (χ2n) is 12.9. The Bertz CT molecular complexity index is 1230. The standard InChI is InChI=1S/C17H31N5O.C14H22N4O3/c1-17(2,3)16-20-12-14(15(23)21-16)22-9-5-13(6-10-22)11-19-8-4-7-18;1-14(2,3)18-13(20)17-10-6-4-5-7-11(10)21-9-8-16-12(15)19/h12-13,19H,4-11,18H2,1-3H3,(H,20,21,23);4-7H,8-9H2,1-3H3,(H3,15,16,19)(H2,17,18,20). The highest BCUT2D eigenvalue weighted by Gasteiger charge is 2.23. The molecule has 2 aromatic rings. The molecule has 1 aromatic carbocycles. The minimum absolute atomic E-state index is 0.0237. The van der Waals surface area contributed by atoms with Gasteiger partial charge in [-0.3, -0.25) is 4.79 Å². The fourth-order valence-corrected chi connectivity index (χ4v) is 4.43. The Morgan fingerprint density at radius 3 is 2.36 bits per heavy atom. The summed E-state index contributed by atoms with van der Waals surface area (Å²) in [7, 11) is 0. The summed E-state index contributed by atoms with van der Waals surface area (Å²) in [6.07, 6.45) is 4.98. The third-order valence-electron chi connectivity index (χ3n) is 6.72. The number of carbonyl (C=O) groups excluding carboxylic acids is 2. The van der Waals surface area contributed by atoms with Gasteiger partial charge in [0.2, 0.25) is 0 Å². The summed E-state index contributed by atoms with van der Waals surface area (Å²) < 4.78 is 5.51. The van der Waals surface area contributed by atoms with Crippen molar-refractivity contribution in [3.05, 3.63) is 46.6 Å². The molecule has 9 N–H and O–H groups in total. The molecule has 0 radical (unpaired) electrons. The van der Waals surface area contributed by atoms with Crippen LogP contribution in [0.1, 0.15) is 66.6 Å². The summed E-state index contributed by atoms with van der Waals surface area (Å²) in [5, 5.41) is 11.4. The molecule has 0 bridgehead atoms. The average Bonchev–Trinajstić information content (AvgIpc) is 2.93. The summed E-state index contributed by atoms with van der Waals surface area (Å²) >= 11 is 0. The van der Waals surface area contributed by atoms with Gasteiger partial charge in [-0.15, -0.1) is 0 Å². The van der Waals surface area contributed by atoms with E-state index in [1.165, 1.54) is 0 Å². The highest BCUT2D eigenvalue weighted by atomic mass is 16.5.